The molecule has 0 radical (unpaired) electrons. The Kier molecular flexibility index (Phi) is 8.84. The summed E-state index contributed by atoms with van der Waals surface area (Å²) in [6, 6.07) is 8.77. The molecule has 3 aliphatic heterocycles. The molecule has 4 heterocycles. The Morgan fingerprint density at radius 2 is 1.53 bits per heavy atom. The number of aromatic nitrogens is 2. The number of ether oxygens (including phenoxy) is 2. The predicted octanol–water partition coefficient (Wildman–Crippen LogP) is 2.52. The zero-order valence-electron chi connectivity index (χ0n) is 26.1. The number of carbonyl (C=O) groups excluding carboxylic acids is 2. The van der Waals surface area contributed by atoms with Crippen LogP contribution in [0.2, 0.25) is 0 Å². The summed E-state index contributed by atoms with van der Waals surface area (Å²) >= 11 is 0. The van der Waals surface area contributed by atoms with Gasteiger partial charge in [0.15, 0.2) is 0 Å². The molecule has 2 aliphatic carbocycles. The van der Waals surface area contributed by atoms with Gasteiger partial charge in [-0.3, -0.25) is 14.2 Å². The van der Waals surface area contributed by atoms with E-state index in [4.69, 9.17) is 9.47 Å². The van der Waals surface area contributed by atoms with Crippen LogP contribution in [0.3, 0.4) is 0 Å². The molecule has 4 N–H and O–H groups in total. The molecule has 1 aromatic carbocycles. The van der Waals surface area contributed by atoms with E-state index in [1.54, 1.807) is 44.3 Å². The van der Waals surface area contributed by atoms with Crippen LogP contribution in [-0.4, -0.2) is 73.8 Å². The number of hydrogen-bond donors (Lipinski definition) is 4. The molecule has 0 bridgehead atoms. The zero-order valence-corrected chi connectivity index (χ0v) is 26.1. The molecule has 1 aromatic heterocycles. The number of benzene rings is 1. The van der Waals surface area contributed by atoms with Crippen LogP contribution < -0.4 is 16.3 Å². The third-order valence-electron chi connectivity index (χ3n) is 9.98. The molecule has 242 valence electrons. The molecule has 5 aliphatic rings. The van der Waals surface area contributed by atoms with E-state index in [0.29, 0.717) is 35.7 Å². The third kappa shape index (κ3) is 6.29. The van der Waals surface area contributed by atoms with Crippen molar-refractivity contribution in [3.8, 4) is 0 Å². The molecule has 2 saturated heterocycles. The Bertz CT molecular complexity index is 1480. The normalized spacial score (nSPS) is 35.2. The van der Waals surface area contributed by atoms with Crippen molar-refractivity contribution in [2.24, 2.45) is 23.7 Å². The SMILES string of the molecule is CC1=CN([C@H]2C[C@@H]3[C@H](O2)[C@H](C)C[C@H]3O)CNC1=O.Cc1cn([C@H]2C[C@@H]3[C@H](O2)[C@H](C)C[C@H]3O)c(=O)nc1NC(=O)c1ccccc1. The minimum Gasteiger partial charge on any atom is -0.393 e. The van der Waals surface area contributed by atoms with Crippen LogP contribution in [0.4, 0.5) is 5.82 Å². The van der Waals surface area contributed by atoms with Gasteiger partial charge in [-0.2, -0.15) is 4.98 Å². The van der Waals surface area contributed by atoms with Crippen molar-refractivity contribution in [2.75, 3.05) is 12.0 Å². The molecular formula is C33H43N5O7. The number of nitrogens with one attached hydrogen (secondary N) is 2. The molecule has 12 heteroatoms. The van der Waals surface area contributed by atoms with E-state index in [0.717, 1.165) is 19.3 Å². The number of aliphatic hydroxyl groups excluding tert-OH is 2. The van der Waals surface area contributed by atoms with Gasteiger partial charge in [-0.25, -0.2) is 4.79 Å². The number of amides is 2. The summed E-state index contributed by atoms with van der Waals surface area (Å²) in [5.74, 6) is 0.899. The molecule has 0 unspecified atom stereocenters. The third-order valence-corrected chi connectivity index (χ3v) is 9.98. The smallest absolute Gasteiger partial charge is 0.351 e. The lowest BCUT2D eigenvalue weighted by Crippen LogP contribution is -2.45. The Hall–Kier alpha value is -3.58. The number of fused-ring (bicyclic) bond motifs is 2. The van der Waals surface area contributed by atoms with Crippen LogP contribution >= 0.6 is 0 Å². The van der Waals surface area contributed by atoms with Crippen LogP contribution in [-0.2, 0) is 14.3 Å². The number of aliphatic hydroxyl groups is 2. The van der Waals surface area contributed by atoms with Crippen LogP contribution in [0, 0.1) is 30.6 Å². The maximum absolute atomic E-state index is 12.5. The summed E-state index contributed by atoms with van der Waals surface area (Å²) < 4.78 is 13.6. The summed E-state index contributed by atoms with van der Waals surface area (Å²) in [5.41, 5.74) is 1.40. The van der Waals surface area contributed by atoms with E-state index < -0.39 is 11.9 Å². The first-order chi connectivity index (χ1) is 21.5. The van der Waals surface area contributed by atoms with E-state index in [-0.39, 0.29) is 66.0 Å². The van der Waals surface area contributed by atoms with Gasteiger partial charge in [0.2, 0.25) is 5.91 Å². The van der Waals surface area contributed by atoms with Crippen molar-refractivity contribution in [3.05, 3.63) is 69.9 Å². The van der Waals surface area contributed by atoms with Gasteiger partial charge in [0.1, 0.15) is 18.3 Å². The highest BCUT2D eigenvalue weighted by atomic mass is 16.5. The number of nitrogens with zero attached hydrogens (tertiary/aromatic N) is 3. The highest BCUT2D eigenvalue weighted by Crippen LogP contribution is 2.46. The molecule has 0 spiro atoms. The lowest BCUT2D eigenvalue weighted by Gasteiger charge is -2.32. The molecule has 2 saturated carbocycles. The van der Waals surface area contributed by atoms with Gasteiger partial charge in [0.05, 0.1) is 31.1 Å². The Balaban J connectivity index is 0.000000172. The van der Waals surface area contributed by atoms with E-state index in [9.17, 15) is 24.6 Å². The zero-order chi connectivity index (χ0) is 32.0. The van der Waals surface area contributed by atoms with Gasteiger partial charge in [-0.05, 0) is 50.7 Å². The molecule has 4 fully saturated rings. The molecule has 2 aromatic rings. The minimum absolute atomic E-state index is 0.0159. The topological polar surface area (TPSA) is 155 Å². The Labute approximate surface area is 262 Å². The second-order valence-electron chi connectivity index (χ2n) is 13.2. The molecule has 10 atom stereocenters. The van der Waals surface area contributed by atoms with Crippen LogP contribution in [0.5, 0.6) is 0 Å². The largest absolute Gasteiger partial charge is 0.393 e. The highest BCUT2D eigenvalue weighted by Gasteiger charge is 2.50. The van der Waals surface area contributed by atoms with Gasteiger partial charge in [-0.15, -0.1) is 0 Å². The van der Waals surface area contributed by atoms with Gasteiger partial charge in [0.25, 0.3) is 5.91 Å². The highest BCUT2D eigenvalue weighted by molar-refractivity contribution is 6.04. The van der Waals surface area contributed by atoms with E-state index in [1.807, 2.05) is 17.2 Å². The molecule has 45 heavy (non-hydrogen) atoms. The lowest BCUT2D eigenvalue weighted by molar-refractivity contribution is -0.120. The van der Waals surface area contributed by atoms with Crippen molar-refractivity contribution in [2.45, 2.75) is 90.2 Å². The summed E-state index contributed by atoms with van der Waals surface area (Å²) in [5, 5.41) is 25.7. The standard InChI is InChI=1S/C20H23N3O4.C13H20N2O3/c1-11-8-15(24)14-9-16(27-17(11)14)23-10-12(2)18(22-20(23)26)21-19(25)13-6-4-3-5-7-13;1-7-3-10(16)9-4-11(18-12(7)9)15-5-8(2)13(17)14-6-15/h3-7,10-11,14-17,24H,8-9H2,1-2H3,(H,21,22,25,26);5,7,9-12,16H,3-4,6H2,1-2H3,(H,14,17)/t11-,14+,15-,16-,17-;7-,9+,10-,11-,12-/m11/s1. The fourth-order valence-corrected chi connectivity index (χ4v) is 7.56. The fraction of sp³-hybridized carbons (Fsp3) is 0.576. The number of anilines is 1. The summed E-state index contributed by atoms with van der Waals surface area (Å²) in [7, 11) is 0. The van der Waals surface area contributed by atoms with E-state index in [2.05, 4.69) is 29.5 Å². The van der Waals surface area contributed by atoms with Crippen molar-refractivity contribution < 1.29 is 29.3 Å². The minimum atomic E-state index is -0.476. The van der Waals surface area contributed by atoms with Gasteiger partial charge in [0, 0.05) is 53.8 Å². The molecular weight excluding hydrogens is 578 g/mol. The van der Waals surface area contributed by atoms with Crippen LogP contribution in [0.1, 0.15) is 68.6 Å². The Morgan fingerprint density at radius 3 is 2.13 bits per heavy atom. The van der Waals surface area contributed by atoms with Gasteiger partial charge in [-0.1, -0.05) is 32.0 Å². The van der Waals surface area contributed by atoms with E-state index in [1.165, 1.54) is 4.57 Å². The summed E-state index contributed by atoms with van der Waals surface area (Å²) in [4.78, 5) is 42.3. The molecule has 2 amide bonds. The monoisotopic (exact) mass is 621 g/mol. The van der Waals surface area contributed by atoms with Gasteiger partial charge < -0.3 is 35.2 Å². The molecule has 7 rings (SSSR count). The number of aryl methyl sites for hydroxylation is 1. The number of hydrogen-bond acceptors (Lipinski definition) is 9. The first kappa shape index (κ1) is 31.4. The van der Waals surface area contributed by atoms with Crippen molar-refractivity contribution in [3.63, 3.8) is 0 Å². The first-order valence-electron chi connectivity index (χ1n) is 15.9. The summed E-state index contributed by atoms with van der Waals surface area (Å²) in [6.07, 6.45) is 5.59. The summed E-state index contributed by atoms with van der Waals surface area (Å²) in [6.45, 7) is 8.27. The fourth-order valence-electron chi connectivity index (χ4n) is 7.56. The average Bonchev–Trinajstić information content (AvgIpc) is 3.77. The lowest BCUT2D eigenvalue weighted by atomic mass is 10.00. The quantitative estimate of drug-likeness (QED) is 0.403. The maximum atomic E-state index is 12.5. The van der Waals surface area contributed by atoms with Crippen molar-refractivity contribution in [1.29, 1.82) is 0 Å². The average molecular weight is 622 g/mol. The predicted molar refractivity (Wildman–Crippen MR) is 165 cm³/mol. The van der Waals surface area contributed by atoms with Crippen molar-refractivity contribution in [1.82, 2.24) is 19.8 Å². The van der Waals surface area contributed by atoms with Crippen LogP contribution in [0.25, 0.3) is 0 Å². The van der Waals surface area contributed by atoms with E-state index >= 15 is 0 Å². The maximum Gasteiger partial charge on any atom is 0.351 e. The Morgan fingerprint density at radius 1 is 0.933 bits per heavy atom. The number of rotatable bonds is 4. The first-order valence-corrected chi connectivity index (χ1v) is 15.9. The molecule has 12 nitrogen and oxygen atoms in total. The van der Waals surface area contributed by atoms with Gasteiger partial charge >= 0.3 is 5.69 Å². The number of carbonyl (C=O) groups is 2. The second kappa shape index (κ2) is 12.7. The van der Waals surface area contributed by atoms with Crippen molar-refractivity contribution >= 4 is 17.6 Å². The second-order valence-corrected chi connectivity index (χ2v) is 13.2. The van der Waals surface area contributed by atoms with Crippen LogP contribution in [0.15, 0.2) is 53.1 Å².